The number of alkyl halides is 3. The Morgan fingerprint density at radius 3 is 2.29 bits per heavy atom. The normalized spacial score (nSPS) is 11.3. The van der Waals surface area contributed by atoms with Gasteiger partial charge in [-0.25, -0.2) is 4.79 Å². The molecule has 0 aliphatic heterocycles. The number of halogens is 4. The lowest BCUT2D eigenvalue weighted by atomic mass is 9.97. The summed E-state index contributed by atoms with van der Waals surface area (Å²) in [5.74, 6) is -1.86. The second kappa shape index (κ2) is 9.63. The zero-order chi connectivity index (χ0) is 25.2. The summed E-state index contributed by atoms with van der Waals surface area (Å²) in [5.41, 5.74) is -0.998. The molecule has 0 saturated carbocycles. The minimum absolute atomic E-state index is 0.0210. The van der Waals surface area contributed by atoms with Crippen molar-refractivity contribution in [1.29, 1.82) is 0 Å². The van der Waals surface area contributed by atoms with E-state index in [0.717, 1.165) is 12.1 Å². The lowest BCUT2D eigenvalue weighted by Gasteiger charge is -2.14. The molecule has 0 fully saturated rings. The molecule has 0 spiro atoms. The van der Waals surface area contributed by atoms with Crippen LogP contribution in [0.15, 0.2) is 77.3 Å². The van der Waals surface area contributed by atoms with E-state index in [1.165, 1.54) is 30.3 Å². The van der Waals surface area contributed by atoms with Gasteiger partial charge in [-0.1, -0.05) is 65.3 Å². The standard InChI is InChI=1S/C25H16ClF3N2O4/c26-18-8-4-7-17(25(27,28)29)19(18)21-20(22(35-31-21)15-5-2-1-3-6-15)23(32)30-13-14-9-11-16(12-10-14)24(33)34/h1-12H,13H2,(H,30,32)(H,33,34). The number of rotatable bonds is 6. The van der Waals surface area contributed by atoms with Crippen LogP contribution in [-0.4, -0.2) is 22.1 Å². The van der Waals surface area contributed by atoms with Crippen molar-refractivity contribution in [3.05, 3.63) is 100 Å². The monoisotopic (exact) mass is 500 g/mol. The molecule has 0 bridgehead atoms. The van der Waals surface area contributed by atoms with Crippen LogP contribution in [-0.2, 0) is 12.7 Å². The van der Waals surface area contributed by atoms with Crippen LogP contribution in [0.3, 0.4) is 0 Å². The van der Waals surface area contributed by atoms with Crippen LogP contribution in [0.2, 0.25) is 5.02 Å². The number of hydrogen-bond acceptors (Lipinski definition) is 4. The molecule has 0 atom stereocenters. The number of benzene rings is 3. The van der Waals surface area contributed by atoms with Gasteiger partial charge in [-0.3, -0.25) is 4.79 Å². The number of hydrogen-bond donors (Lipinski definition) is 2. The maximum absolute atomic E-state index is 13.8. The molecule has 35 heavy (non-hydrogen) atoms. The first-order valence-electron chi connectivity index (χ1n) is 10.2. The summed E-state index contributed by atoms with van der Waals surface area (Å²) >= 11 is 6.15. The van der Waals surface area contributed by atoms with Gasteiger partial charge in [0.05, 0.1) is 16.1 Å². The molecule has 0 aliphatic rings. The third kappa shape index (κ3) is 5.04. The van der Waals surface area contributed by atoms with Crippen LogP contribution >= 0.6 is 11.6 Å². The molecule has 0 radical (unpaired) electrons. The number of amides is 1. The van der Waals surface area contributed by atoms with E-state index in [-0.39, 0.29) is 34.1 Å². The summed E-state index contributed by atoms with van der Waals surface area (Å²) in [4.78, 5) is 24.3. The van der Waals surface area contributed by atoms with E-state index in [2.05, 4.69) is 10.5 Å². The first-order valence-corrected chi connectivity index (χ1v) is 10.6. The third-order valence-corrected chi connectivity index (χ3v) is 5.48. The summed E-state index contributed by atoms with van der Waals surface area (Å²) in [6.45, 7) is -0.0216. The molecule has 0 saturated heterocycles. The molecule has 0 unspecified atom stereocenters. The van der Waals surface area contributed by atoms with Gasteiger partial charge in [-0.05, 0) is 29.8 Å². The number of aromatic carboxylic acids is 1. The quantitative estimate of drug-likeness (QED) is 0.324. The Morgan fingerprint density at radius 1 is 0.971 bits per heavy atom. The number of nitrogens with zero attached hydrogens (tertiary/aromatic N) is 1. The van der Waals surface area contributed by atoms with Crippen LogP contribution in [0.25, 0.3) is 22.6 Å². The van der Waals surface area contributed by atoms with E-state index < -0.39 is 29.2 Å². The van der Waals surface area contributed by atoms with Crippen LogP contribution in [0.4, 0.5) is 13.2 Å². The molecule has 4 rings (SSSR count). The molecule has 1 heterocycles. The number of carboxylic acids is 1. The van der Waals surface area contributed by atoms with Gasteiger partial charge in [0.2, 0.25) is 0 Å². The van der Waals surface area contributed by atoms with E-state index >= 15 is 0 Å². The highest BCUT2D eigenvalue weighted by Crippen LogP contribution is 2.43. The summed E-state index contributed by atoms with van der Waals surface area (Å²) in [6, 6.07) is 17.4. The van der Waals surface area contributed by atoms with Gasteiger partial charge >= 0.3 is 12.1 Å². The van der Waals surface area contributed by atoms with Gasteiger partial charge in [0.15, 0.2) is 5.76 Å². The molecule has 178 valence electrons. The van der Waals surface area contributed by atoms with E-state index in [1.54, 1.807) is 30.3 Å². The van der Waals surface area contributed by atoms with E-state index in [9.17, 15) is 22.8 Å². The highest BCUT2D eigenvalue weighted by atomic mass is 35.5. The first-order chi connectivity index (χ1) is 16.7. The van der Waals surface area contributed by atoms with Gasteiger partial charge in [-0.2, -0.15) is 13.2 Å². The minimum Gasteiger partial charge on any atom is -0.478 e. The Morgan fingerprint density at radius 2 is 1.66 bits per heavy atom. The molecular formula is C25H16ClF3N2O4. The van der Waals surface area contributed by atoms with Crippen LogP contribution < -0.4 is 5.32 Å². The van der Waals surface area contributed by atoms with Gasteiger partial charge in [0.1, 0.15) is 11.3 Å². The summed E-state index contributed by atoms with van der Waals surface area (Å²) < 4.78 is 46.7. The molecule has 3 aromatic carbocycles. The van der Waals surface area contributed by atoms with E-state index in [1.807, 2.05) is 0 Å². The average molecular weight is 501 g/mol. The Hall–Kier alpha value is -4.11. The molecule has 1 amide bonds. The van der Waals surface area contributed by atoms with Gasteiger partial charge in [-0.15, -0.1) is 0 Å². The maximum atomic E-state index is 13.8. The summed E-state index contributed by atoms with van der Waals surface area (Å²) in [6.07, 6.45) is -4.76. The fourth-order valence-corrected chi connectivity index (χ4v) is 3.76. The van der Waals surface area contributed by atoms with Crippen LogP contribution in [0.1, 0.15) is 31.8 Å². The number of carbonyl (C=O) groups excluding carboxylic acids is 1. The second-order valence-electron chi connectivity index (χ2n) is 7.45. The van der Waals surface area contributed by atoms with Gasteiger partial charge in [0.25, 0.3) is 5.91 Å². The highest BCUT2D eigenvalue weighted by Gasteiger charge is 2.37. The van der Waals surface area contributed by atoms with Crippen LogP contribution in [0.5, 0.6) is 0 Å². The largest absolute Gasteiger partial charge is 0.478 e. The van der Waals surface area contributed by atoms with E-state index in [4.69, 9.17) is 21.2 Å². The zero-order valence-corrected chi connectivity index (χ0v) is 18.5. The van der Waals surface area contributed by atoms with Crippen LogP contribution in [0, 0.1) is 0 Å². The minimum atomic E-state index is -4.76. The Labute approximate surface area is 201 Å². The molecule has 2 N–H and O–H groups in total. The highest BCUT2D eigenvalue weighted by molar-refractivity contribution is 6.33. The van der Waals surface area contributed by atoms with Gasteiger partial charge in [0, 0.05) is 17.7 Å². The van der Waals surface area contributed by atoms with Crippen molar-refractivity contribution in [2.45, 2.75) is 12.7 Å². The molecule has 4 aromatic rings. The Balaban J connectivity index is 1.78. The maximum Gasteiger partial charge on any atom is 0.417 e. The second-order valence-corrected chi connectivity index (χ2v) is 7.85. The summed E-state index contributed by atoms with van der Waals surface area (Å²) in [5, 5.41) is 15.2. The molecular weight excluding hydrogens is 485 g/mol. The van der Waals surface area contributed by atoms with Crippen molar-refractivity contribution in [1.82, 2.24) is 10.5 Å². The average Bonchev–Trinajstić information content (AvgIpc) is 3.27. The SMILES string of the molecule is O=C(O)c1ccc(CNC(=O)c2c(-c3c(Cl)cccc3C(F)(F)F)noc2-c2ccccc2)cc1. The van der Waals surface area contributed by atoms with Crippen molar-refractivity contribution in [3.63, 3.8) is 0 Å². The Kier molecular flexibility index (Phi) is 6.61. The summed E-state index contributed by atoms with van der Waals surface area (Å²) in [7, 11) is 0. The number of nitrogens with one attached hydrogen (secondary N) is 1. The Bertz CT molecular complexity index is 1380. The predicted molar refractivity (Wildman–Crippen MR) is 122 cm³/mol. The lowest BCUT2D eigenvalue weighted by molar-refractivity contribution is -0.137. The number of aromatic nitrogens is 1. The molecule has 6 nitrogen and oxygen atoms in total. The fraction of sp³-hybridized carbons (Fsp3) is 0.0800. The molecule has 10 heteroatoms. The van der Waals surface area contributed by atoms with Crippen molar-refractivity contribution in [2.75, 3.05) is 0 Å². The molecule has 1 aromatic heterocycles. The smallest absolute Gasteiger partial charge is 0.417 e. The predicted octanol–water partition coefficient (Wildman–Crippen LogP) is 6.31. The fourth-order valence-electron chi connectivity index (χ4n) is 3.49. The number of carbonyl (C=O) groups is 2. The van der Waals surface area contributed by atoms with Crippen molar-refractivity contribution >= 4 is 23.5 Å². The first kappa shape index (κ1) is 24.0. The lowest BCUT2D eigenvalue weighted by Crippen LogP contribution is -2.24. The van der Waals surface area contributed by atoms with E-state index in [0.29, 0.717) is 11.1 Å². The van der Waals surface area contributed by atoms with Crippen molar-refractivity contribution < 1.29 is 32.4 Å². The van der Waals surface area contributed by atoms with Crippen molar-refractivity contribution in [2.24, 2.45) is 0 Å². The van der Waals surface area contributed by atoms with Crippen molar-refractivity contribution in [3.8, 4) is 22.6 Å². The molecule has 0 aliphatic carbocycles. The zero-order valence-electron chi connectivity index (χ0n) is 17.8. The topological polar surface area (TPSA) is 92.4 Å². The number of carboxylic acid groups (broad SMARTS) is 1. The van der Waals surface area contributed by atoms with Gasteiger partial charge < -0.3 is 14.9 Å². The third-order valence-electron chi connectivity index (χ3n) is 5.16.